The van der Waals surface area contributed by atoms with Crippen molar-refractivity contribution in [1.82, 2.24) is 10.2 Å². The van der Waals surface area contributed by atoms with E-state index in [-0.39, 0.29) is 6.09 Å². The van der Waals surface area contributed by atoms with Gasteiger partial charge in [0.2, 0.25) is 0 Å². The molecular weight excluding hydrogens is 260 g/mol. The molecule has 0 aromatic heterocycles. The number of thioether (sulfide) groups is 1. The van der Waals surface area contributed by atoms with E-state index in [2.05, 4.69) is 18.5 Å². The molecule has 1 aliphatic heterocycles. The van der Waals surface area contributed by atoms with Gasteiger partial charge in [0, 0.05) is 30.9 Å². The summed E-state index contributed by atoms with van der Waals surface area (Å²) < 4.78 is 5.43. The van der Waals surface area contributed by atoms with Crippen molar-refractivity contribution >= 4 is 17.9 Å². The van der Waals surface area contributed by atoms with E-state index >= 15 is 0 Å². The largest absolute Gasteiger partial charge is 0.444 e. The zero-order chi connectivity index (χ0) is 14.5. The molecule has 1 N–H and O–H groups in total. The molecule has 1 rings (SSSR count). The van der Waals surface area contributed by atoms with Crippen LogP contribution in [0.15, 0.2) is 0 Å². The summed E-state index contributed by atoms with van der Waals surface area (Å²) >= 11 is 1.85. The highest BCUT2D eigenvalue weighted by Gasteiger charge is 2.27. The van der Waals surface area contributed by atoms with Crippen molar-refractivity contribution in [2.24, 2.45) is 0 Å². The van der Waals surface area contributed by atoms with Gasteiger partial charge in [0.1, 0.15) is 5.60 Å². The van der Waals surface area contributed by atoms with Crippen molar-refractivity contribution in [2.45, 2.75) is 58.2 Å². The van der Waals surface area contributed by atoms with Crippen LogP contribution < -0.4 is 5.32 Å². The lowest BCUT2D eigenvalue weighted by Gasteiger charge is -2.35. The van der Waals surface area contributed by atoms with Crippen molar-refractivity contribution in [1.29, 1.82) is 0 Å². The van der Waals surface area contributed by atoms with E-state index in [1.165, 1.54) is 0 Å². The molecule has 1 amide bonds. The maximum Gasteiger partial charge on any atom is 0.410 e. The topological polar surface area (TPSA) is 41.6 Å². The third kappa shape index (κ3) is 6.52. The zero-order valence-corrected chi connectivity index (χ0v) is 13.7. The lowest BCUT2D eigenvalue weighted by Crippen LogP contribution is -2.51. The molecular formula is C14H28N2O2S. The highest BCUT2D eigenvalue weighted by molar-refractivity contribution is 7.98. The quantitative estimate of drug-likeness (QED) is 0.863. The molecule has 5 heteroatoms. The number of hydrogen-bond acceptors (Lipinski definition) is 4. The summed E-state index contributed by atoms with van der Waals surface area (Å²) in [6.07, 6.45) is 4.11. The SMILES string of the molecule is CSCC(C)NC1CCCN(C(=O)OC(C)(C)C)C1. The first kappa shape index (κ1) is 16.6. The van der Waals surface area contributed by atoms with Gasteiger partial charge in [0.05, 0.1) is 0 Å². The zero-order valence-electron chi connectivity index (χ0n) is 12.9. The van der Waals surface area contributed by atoms with Crippen LogP contribution in [0.5, 0.6) is 0 Å². The molecule has 112 valence electrons. The Balaban J connectivity index is 2.43. The summed E-state index contributed by atoms with van der Waals surface area (Å²) in [6.45, 7) is 9.49. The minimum Gasteiger partial charge on any atom is -0.444 e. The summed E-state index contributed by atoms with van der Waals surface area (Å²) in [7, 11) is 0. The second-order valence-electron chi connectivity index (χ2n) is 6.29. The molecule has 19 heavy (non-hydrogen) atoms. The maximum atomic E-state index is 12.0. The first-order valence-corrected chi connectivity index (χ1v) is 8.44. The van der Waals surface area contributed by atoms with Crippen molar-refractivity contribution in [3.05, 3.63) is 0 Å². The lowest BCUT2D eigenvalue weighted by molar-refractivity contribution is 0.0185. The van der Waals surface area contributed by atoms with E-state index in [0.29, 0.717) is 12.1 Å². The predicted molar refractivity (Wildman–Crippen MR) is 81.8 cm³/mol. The third-order valence-electron chi connectivity index (χ3n) is 3.01. The van der Waals surface area contributed by atoms with E-state index in [1.807, 2.05) is 37.4 Å². The number of carbonyl (C=O) groups is 1. The van der Waals surface area contributed by atoms with Crippen molar-refractivity contribution in [3.63, 3.8) is 0 Å². The van der Waals surface area contributed by atoms with Gasteiger partial charge in [-0.25, -0.2) is 4.79 Å². The molecule has 0 aliphatic carbocycles. The number of hydrogen-bond donors (Lipinski definition) is 1. The molecule has 1 aliphatic rings. The normalized spacial score (nSPS) is 22.2. The summed E-state index contributed by atoms with van der Waals surface area (Å²) in [5, 5.41) is 3.60. The second kappa shape index (κ2) is 7.39. The Labute approximate surface area is 121 Å². The van der Waals surface area contributed by atoms with Crippen molar-refractivity contribution in [2.75, 3.05) is 25.1 Å². The predicted octanol–water partition coefficient (Wildman–Crippen LogP) is 2.73. The molecule has 4 nitrogen and oxygen atoms in total. The average molecular weight is 288 g/mol. The van der Waals surface area contributed by atoms with Crippen LogP contribution in [-0.4, -0.2) is 53.8 Å². The van der Waals surface area contributed by atoms with Crippen LogP contribution in [0.3, 0.4) is 0 Å². The van der Waals surface area contributed by atoms with Gasteiger partial charge in [-0.2, -0.15) is 11.8 Å². The molecule has 0 saturated carbocycles. The van der Waals surface area contributed by atoms with Gasteiger partial charge in [0.15, 0.2) is 0 Å². The summed E-state index contributed by atoms with van der Waals surface area (Å²) in [4.78, 5) is 13.9. The molecule has 1 saturated heterocycles. The van der Waals surface area contributed by atoms with Crippen LogP contribution in [-0.2, 0) is 4.74 Å². The molecule has 0 radical (unpaired) electrons. The fraction of sp³-hybridized carbons (Fsp3) is 0.929. The second-order valence-corrected chi connectivity index (χ2v) is 7.20. The van der Waals surface area contributed by atoms with Crippen molar-refractivity contribution < 1.29 is 9.53 Å². The average Bonchev–Trinajstić information content (AvgIpc) is 2.27. The highest BCUT2D eigenvalue weighted by atomic mass is 32.2. The number of carbonyl (C=O) groups excluding carboxylic acids is 1. The van der Waals surface area contributed by atoms with Gasteiger partial charge in [0.25, 0.3) is 0 Å². The Kier molecular flexibility index (Phi) is 6.47. The van der Waals surface area contributed by atoms with Crippen LogP contribution in [0.1, 0.15) is 40.5 Å². The van der Waals surface area contributed by atoms with Crippen LogP contribution in [0.2, 0.25) is 0 Å². The minimum atomic E-state index is -0.413. The number of amides is 1. The number of ether oxygens (including phenoxy) is 1. The van der Waals surface area contributed by atoms with Gasteiger partial charge in [-0.15, -0.1) is 0 Å². The third-order valence-corrected chi connectivity index (χ3v) is 3.84. The number of rotatable bonds is 4. The van der Waals surface area contributed by atoms with Crippen LogP contribution in [0.4, 0.5) is 4.79 Å². The van der Waals surface area contributed by atoms with E-state index < -0.39 is 5.60 Å². The smallest absolute Gasteiger partial charge is 0.410 e. The van der Waals surface area contributed by atoms with Gasteiger partial charge in [-0.05, 0) is 46.8 Å². The van der Waals surface area contributed by atoms with E-state index in [1.54, 1.807) is 0 Å². The summed E-state index contributed by atoms with van der Waals surface area (Å²) in [5.41, 5.74) is -0.413. The fourth-order valence-electron chi connectivity index (χ4n) is 2.31. The first-order chi connectivity index (χ1) is 8.81. The standard InChI is InChI=1S/C14H28N2O2S/c1-11(10-19-5)15-12-7-6-8-16(9-12)13(17)18-14(2,3)4/h11-12,15H,6-10H2,1-5H3. The Hall–Kier alpha value is -0.420. The lowest BCUT2D eigenvalue weighted by atomic mass is 10.1. The van der Waals surface area contributed by atoms with Crippen LogP contribution in [0, 0.1) is 0 Å². The Bertz CT molecular complexity index is 292. The number of piperidine rings is 1. The molecule has 2 atom stereocenters. The highest BCUT2D eigenvalue weighted by Crippen LogP contribution is 2.16. The van der Waals surface area contributed by atoms with Crippen molar-refractivity contribution in [3.8, 4) is 0 Å². The molecule has 1 heterocycles. The Morgan fingerprint density at radius 1 is 1.53 bits per heavy atom. The van der Waals surface area contributed by atoms with E-state index in [9.17, 15) is 4.79 Å². The fourth-order valence-corrected chi connectivity index (χ4v) is 2.90. The van der Waals surface area contributed by atoms with E-state index in [0.717, 1.165) is 31.7 Å². The number of nitrogens with one attached hydrogen (secondary N) is 1. The van der Waals surface area contributed by atoms with Crippen LogP contribution in [0.25, 0.3) is 0 Å². The van der Waals surface area contributed by atoms with Gasteiger partial charge < -0.3 is 15.0 Å². The summed E-state index contributed by atoms with van der Waals surface area (Å²) in [6, 6.07) is 0.877. The molecule has 0 spiro atoms. The monoisotopic (exact) mass is 288 g/mol. The molecule has 0 bridgehead atoms. The van der Waals surface area contributed by atoms with Crippen LogP contribution >= 0.6 is 11.8 Å². The summed E-state index contributed by atoms with van der Waals surface area (Å²) in [5.74, 6) is 1.10. The minimum absolute atomic E-state index is 0.184. The van der Waals surface area contributed by atoms with Gasteiger partial charge in [-0.3, -0.25) is 0 Å². The van der Waals surface area contributed by atoms with Gasteiger partial charge >= 0.3 is 6.09 Å². The molecule has 0 aromatic carbocycles. The molecule has 2 unspecified atom stereocenters. The molecule has 0 aromatic rings. The van der Waals surface area contributed by atoms with E-state index in [4.69, 9.17) is 4.74 Å². The Morgan fingerprint density at radius 2 is 2.21 bits per heavy atom. The maximum absolute atomic E-state index is 12.0. The number of nitrogens with zero attached hydrogens (tertiary/aromatic N) is 1. The number of likely N-dealkylation sites (tertiary alicyclic amines) is 1. The molecule has 1 fully saturated rings. The van der Waals surface area contributed by atoms with Gasteiger partial charge in [-0.1, -0.05) is 0 Å². The first-order valence-electron chi connectivity index (χ1n) is 7.04. The Morgan fingerprint density at radius 3 is 2.79 bits per heavy atom.